The molecule has 5 nitrogen and oxygen atoms in total. The van der Waals surface area contributed by atoms with Gasteiger partial charge in [0.25, 0.3) is 0 Å². The van der Waals surface area contributed by atoms with Crippen molar-refractivity contribution in [3.63, 3.8) is 0 Å². The molecule has 118 valence electrons. The highest BCUT2D eigenvalue weighted by Crippen LogP contribution is 2.16. The van der Waals surface area contributed by atoms with Crippen molar-refractivity contribution in [2.75, 3.05) is 6.54 Å². The Hall–Kier alpha value is -2.14. The van der Waals surface area contributed by atoms with Crippen LogP contribution >= 0.6 is 0 Å². The predicted molar refractivity (Wildman–Crippen MR) is 85.4 cm³/mol. The summed E-state index contributed by atoms with van der Waals surface area (Å²) in [4.78, 5) is 11.9. The van der Waals surface area contributed by atoms with Gasteiger partial charge in [-0.25, -0.2) is 0 Å². The van der Waals surface area contributed by atoms with E-state index in [2.05, 4.69) is 10.4 Å². The van der Waals surface area contributed by atoms with E-state index in [1.54, 1.807) is 0 Å². The van der Waals surface area contributed by atoms with E-state index in [0.717, 1.165) is 23.4 Å². The summed E-state index contributed by atoms with van der Waals surface area (Å²) < 4.78 is 1.85. The van der Waals surface area contributed by atoms with Crippen LogP contribution in [0.15, 0.2) is 30.3 Å². The molecular formula is C17H23N3O2. The molecule has 1 atom stereocenters. The molecule has 1 aromatic heterocycles. The molecule has 0 saturated heterocycles. The van der Waals surface area contributed by atoms with Crippen LogP contribution in [0.2, 0.25) is 0 Å². The van der Waals surface area contributed by atoms with Gasteiger partial charge in [0, 0.05) is 19.3 Å². The number of amides is 1. The number of rotatable bonds is 6. The van der Waals surface area contributed by atoms with E-state index in [4.69, 9.17) is 0 Å². The molecule has 1 heterocycles. The fourth-order valence-corrected chi connectivity index (χ4v) is 2.55. The summed E-state index contributed by atoms with van der Waals surface area (Å²) >= 11 is 0. The van der Waals surface area contributed by atoms with Crippen molar-refractivity contribution in [1.29, 1.82) is 0 Å². The number of hydrogen-bond acceptors (Lipinski definition) is 3. The summed E-state index contributed by atoms with van der Waals surface area (Å²) in [5, 5.41) is 17.2. The van der Waals surface area contributed by atoms with Crippen LogP contribution in [0.25, 0.3) is 0 Å². The van der Waals surface area contributed by atoms with Gasteiger partial charge in [-0.15, -0.1) is 0 Å². The molecule has 0 fully saturated rings. The summed E-state index contributed by atoms with van der Waals surface area (Å²) in [6, 6.07) is 9.23. The third-order valence-electron chi connectivity index (χ3n) is 3.92. The lowest BCUT2D eigenvalue weighted by atomic mass is 10.1. The number of carbonyl (C=O) groups excluding carboxylic acids is 1. The number of aromatic nitrogens is 2. The minimum atomic E-state index is -0.761. The summed E-state index contributed by atoms with van der Waals surface area (Å²) in [5.74, 6) is -0.143. The Balaban J connectivity index is 1.81. The topological polar surface area (TPSA) is 67.2 Å². The lowest BCUT2D eigenvalue weighted by Crippen LogP contribution is -2.27. The highest BCUT2D eigenvalue weighted by molar-refractivity contribution is 5.76. The Morgan fingerprint density at radius 2 is 2.00 bits per heavy atom. The van der Waals surface area contributed by atoms with E-state index in [9.17, 15) is 9.90 Å². The van der Waals surface area contributed by atoms with Crippen LogP contribution in [0.1, 0.15) is 35.0 Å². The molecular weight excluding hydrogens is 278 g/mol. The number of carbonyl (C=O) groups is 1. The first-order chi connectivity index (χ1) is 10.5. The molecule has 0 radical (unpaired) electrons. The fourth-order valence-electron chi connectivity index (χ4n) is 2.55. The highest BCUT2D eigenvalue weighted by atomic mass is 16.3. The van der Waals surface area contributed by atoms with Gasteiger partial charge in [0.1, 0.15) is 0 Å². The zero-order valence-corrected chi connectivity index (χ0v) is 13.3. The van der Waals surface area contributed by atoms with E-state index in [0.29, 0.717) is 6.54 Å². The van der Waals surface area contributed by atoms with Gasteiger partial charge in [0.15, 0.2) is 0 Å². The van der Waals surface area contributed by atoms with Crippen molar-refractivity contribution in [3.05, 3.63) is 52.8 Å². The molecule has 0 aliphatic heterocycles. The number of hydrogen-bond donors (Lipinski definition) is 2. The van der Waals surface area contributed by atoms with Crippen LogP contribution < -0.4 is 5.32 Å². The molecule has 1 aromatic carbocycles. The first-order valence-corrected chi connectivity index (χ1v) is 7.48. The van der Waals surface area contributed by atoms with Gasteiger partial charge in [0.05, 0.1) is 18.2 Å². The Labute approximate surface area is 131 Å². The van der Waals surface area contributed by atoms with Gasteiger partial charge in [-0.1, -0.05) is 30.3 Å². The predicted octanol–water partition coefficient (Wildman–Crippen LogP) is 1.82. The maximum atomic E-state index is 11.9. The van der Waals surface area contributed by atoms with Crippen LogP contribution in [-0.2, 0) is 18.3 Å². The Bertz CT molecular complexity index is 635. The lowest BCUT2D eigenvalue weighted by Gasteiger charge is -2.11. The van der Waals surface area contributed by atoms with Crippen LogP contribution in [0.5, 0.6) is 0 Å². The van der Waals surface area contributed by atoms with Crippen LogP contribution in [-0.4, -0.2) is 27.3 Å². The molecule has 1 amide bonds. The van der Waals surface area contributed by atoms with Crippen molar-refractivity contribution in [3.8, 4) is 0 Å². The van der Waals surface area contributed by atoms with Crippen LogP contribution in [0.4, 0.5) is 0 Å². The number of nitrogens with zero attached hydrogens (tertiary/aromatic N) is 2. The smallest absolute Gasteiger partial charge is 0.222 e. The molecule has 1 unspecified atom stereocenters. The second kappa shape index (κ2) is 7.22. The van der Waals surface area contributed by atoms with E-state index in [1.807, 2.05) is 55.9 Å². The molecule has 5 heteroatoms. The van der Waals surface area contributed by atoms with Crippen molar-refractivity contribution in [2.45, 2.75) is 32.8 Å². The average Bonchev–Trinajstić information content (AvgIpc) is 2.74. The second-order valence-corrected chi connectivity index (χ2v) is 5.50. The molecule has 0 aliphatic rings. The standard InChI is InChI=1S/C17H23N3O2/c1-12-15(13(2)20(3)19-12)9-10-18-17(22)11-16(21)14-7-5-4-6-8-14/h4-8,16,21H,9-11H2,1-3H3,(H,18,22). The van der Waals surface area contributed by atoms with Gasteiger partial charge in [-0.2, -0.15) is 5.10 Å². The third kappa shape index (κ3) is 3.95. The first-order valence-electron chi connectivity index (χ1n) is 7.48. The second-order valence-electron chi connectivity index (χ2n) is 5.50. The normalized spacial score (nSPS) is 12.2. The summed E-state index contributed by atoms with van der Waals surface area (Å²) in [6.45, 7) is 4.55. The molecule has 0 saturated carbocycles. The van der Waals surface area contributed by atoms with E-state index in [1.165, 1.54) is 5.56 Å². The Morgan fingerprint density at radius 3 is 2.59 bits per heavy atom. The molecule has 22 heavy (non-hydrogen) atoms. The number of aliphatic hydroxyl groups excluding tert-OH is 1. The lowest BCUT2D eigenvalue weighted by molar-refractivity contribution is -0.123. The largest absolute Gasteiger partial charge is 0.388 e. The van der Waals surface area contributed by atoms with Gasteiger partial charge in [-0.05, 0) is 31.4 Å². The van der Waals surface area contributed by atoms with Crippen molar-refractivity contribution >= 4 is 5.91 Å². The van der Waals surface area contributed by atoms with E-state index >= 15 is 0 Å². The fraction of sp³-hybridized carbons (Fsp3) is 0.412. The van der Waals surface area contributed by atoms with Crippen LogP contribution in [0, 0.1) is 13.8 Å². The van der Waals surface area contributed by atoms with Crippen molar-refractivity contribution in [2.24, 2.45) is 7.05 Å². The third-order valence-corrected chi connectivity index (χ3v) is 3.92. The van der Waals surface area contributed by atoms with Gasteiger partial charge < -0.3 is 10.4 Å². The van der Waals surface area contributed by atoms with Gasteiger partial charge >= 0.3 is 0 Å². The van der Waals surface area contributed by atoms with E-state index < -0.39 is 6.10 Å². The molecule has 2 N–H and O–H groups in total. The Morgan fingerprint density at radius 1 is 1.32 bits per heavy atom. The van der Waals surface area contributed by atoms with Crippen molar-refractivity contribution < 1.29 is 9.90 Å². The number of nitrogens with one attached hydrogen (secondary N) is 1. The minimum Gasteiger partial charge on any atom is -0.388 e. The minimum absolute atomic E-state index is 0.0784. The number of benzene rings is 1. The number of aryl methyl sites for hydroxylation is 2. The molecule has 0 bridgehead atoms. The summed E-state index contributed by atoms with van der Waals surface area (Å²) in [7, 11) is 1.92. The average molecular weight is 301 g/mol. The van der Waals surface area contributed by atoms with E-state index in [-0.39, 0.29) is 12.3 Å². The maximum Gasteiger partial charge on any atom is 0.222 e. The number of aliphatic hydroxyl groups is 1. The molecule has 0 aliphatic carbocycles. The Kier molecular flexibility index (Phi) is 5.33. The maximum absolute atomic E-state index is 11.9. The zero-order chi connectivity index (χ0) is 16.1. The molecule has 2 aromatic rings. The molecule has 2 rings (SSSR count). The van der Waals surface area contributed by atoms with Crippen LogP contribution in [0.3, 0.4) is 0 Å². The summed E-state index contributed by atoms with van der Waals surface area (Å²) in [5.41, 5.74) is 4.05. The SMILES string of the molecule is Cc1nn(C)c(C)c1CCNC(=O)CC(O)c1ccccc1. The first kappa shape index (κ1) is 16.2. The highest BCUT2D eigenvalue weighted by Gasteiger charge is 2.13. The van der Waals surface area contributed by atoms with Gasteiger partial charge in [-0.3, -0.25) is 9.48 Å². The monoisotopic (exact) mass is 301 g/mol. The quantitative estimate of drug-likeness (QED) is 0.855. The van der Waals surface area contributed by atoms with Crippen molar-refractivity contribution in [1.82, 2.24) is 15.1 Å². The summed E-state index contributed by atoms with van der Waals surface area (Å²) in [6.07, 6.45) is 0.0660. The van der Waals surface area contributed by atoms with Gasteiger partial charge in [0.2, 0.25) is 5.91 Å². The zero-order valence-electron chi connectivity index (χ0n) is 13.3. The molecule has 0 spiro atoms.